The van der Waals surface area contributed by atoms with Gasteiger partial charge in [-0.05, 0) is 43.7 Å². The lowest BCUT2D eigenvalue weighted by atomic mass is 10.1. The number of nitrogens with one attached hydrogen (secondary N) is 3. The van der Waals surface area contributed by atoms with E-state index in [4.69, 9.17) is 0 Å². The van der Waals surface area contributed by atoms with Crippen LogP contribution in [0.5, 0.6) is 0 Å². The van der Waals surface area contributed by atoms with Crippen molar-refractivity contribution < 1.29 is 14.6 Å². The Hall–Kier alpha value is -2.68. The van der Waals surface area contributed by atoms with Gasteiger partial charge in [-0.1, -0.05) is 0 Å². The number of rotatable bonds is 4. The van der Waals surface area contributed by atoms with Crippen LogP contribution in [0.2, 0.25) is 0 Å². The third-order valence-electron chi connectivity index (χ3n) is 4.46. The average Bonchev–Trinajstić information content (AvgIpc) is 3.28. The second-order valence-electron chi connectivity index (χ2n) is 6.24. The van der Waals surface area contributed by atoms with Crippen molar-refractivity contribution in [3.05, 3.63) is 36.0 Å². The Morgan fingerprint density at radius 2 is 2.15 bits per heavy atom. The van der Waals surface area contributed by atoms with Crippen LogP contribution in [0.3, 0.4) is 0 Å². The predicted molar refractivity (Wildman–Crippen MR) is 93.8 cm³/mol. The summed E-state index contributed by atoms with van der Waals surface area (Å²) in [5.41, 5.74) is -0.428. The highest BCUT2D eigenvalue weighted by Crippen LogP contribution is 2.38. The van der Waals surface area contributed by atoms with Crippen molar-refractivity contribution in [2.75, 3.05) is 18.4 Å². The van der Waals surface area contributed by atoms with Gasteiger partial charge < -0.3 is 10.6 Å². The highest BCUT2D eigenvalue weighted by molar-refractivity contribution is 5.90. The maximum atomic E-state index is 13.5. The van der Waals surface area contributed by atoms with Gasteiger partial charge in [0.15, 0.2) is 5.65 Å². The number of nitrogens with zero attached hydrogens (tertiary/aromatic N) is 3. The highest BCUT2D eigenvalue weighted by Gasteiger charge is 2.35. The van der Waals surface area contributed by atoms with E-state index >= 15 is 0 Å². The fourth-order valence-corrected chi connectivity index (χ4v) is 3.17. The van der Waals surface area contributed by atoms with Crippen LogP contribution in [0.15, 0.2) is 30.5 Å². The molecule has 1 aliphatic rings. The largest absolute Gasteiger partial charge is 0.418 e. The average molecular weight is 364 g/mol. The van der Waals surface area contributed by atoms with E-state index in [2.05, 4.69) is 30.8 Å². The summed E-state index contributed by atoms with van der Waals surface area (Å²) in [5, 5.41) is 13.6. The van der Waals surface area contributed by atoms with E-state index in [0.29, 0.717) is 29.4 Å². The monoisotopic (exact) mass is 364 g/mol. The van der Waals surface area contributed by atoms with Crippen molar-refractivity contribution in [2.24, 2.45) is 0 Å². The molecule has 0 aliphatic carbocycles. The van der Waals surface area contributed by atoms with Gasteiger partial charge in [0, 0.05) is 25.6 Å². The molecule has 26 heavy (non-hydrogen) atoms. The van der Waals surface area contributed by atoms with Crippen LogP contribution in [0, 0.1) is 0 Å². The second kappa shape index (κ2) is 6.56. The third kappa shape index (κ3) is 3.22. The van der Waals surface area contributed by atoms with Gasteiger partial charge in [-0.3, -0.25) is 5.10 Å². The molecular formula is C17H19F3N6. The summed E-state index contributed by atoms with van der Waals surface area (Å²) in [6.07, 6.45) is -0.840. The van der Waals surface area contributed by atoms with Crippen molar-refractivity contribution >= 4 is 16.9 Å². The maximum absolute atomic E-state index is 13.5. The fraction of sp³-hybridized carbons (Fsp3) is 0.353. The number of pyridine rings is 2. The van der Waals surface area contributed by atoms with E-state index in [0.717, 1.165) is 25.5 Å². The minimum atomic E-state index is -4.52. The summed E-state index contributed by atoms with van der Waals surface area (Å²) < 4.78 is 40.4. The molecule has 1 saturated heterocycles. The molecule has 4 heterocycles. The molecule has 0 amide bonds. The Kier molecular flexibility index (Phi) is 4.23. The number of aromatic amines is 1. The number of hydrogen-bond donors (Lipinski definition) is 3. The maximum Gasteiger partial charge on any atom is 0.418 e. The predicted octanol–water partition coefficient (Wildman–Crippen LogP) is 3.45. The molecule has 0 bridgehead atoms. The first kappa shape index (κ1) is 16.8. The molecule has 0 saturated carbocycles. The Labute approximate surface area is 148 Å². The molecule has 1 unspecified atom stereocenters. The number of halogens is 3. The first-order chi connectivity index (χ1) is 12.5. The number of fused-ring (bicyclic) bond motifs is 1. The van der Waals surface area contributed by atoms with E-state index in [1.165, 1.54) is 12.3 Å². The van der Waals surface area contributed by atoms with Crippen LogP contribution in [-0.2, 0) is 6.18 Å². The standard InChI is InChI=1S/C17H17F3N6.H2/c18-17(19,20)12-5-6-13(23-9-10-3-1-7-21-10)24-15(12)14-11-4-2-8-22-16(11)26-25-14;/h2,4-6,8,10,21H,1,3,7,9H2,(H,23,24)(H,22,25,26);1H. The second-order valence-corrected chi connectivity index (χ2v) is 6.24. The van der Waals surface area contributed by atoms with Gasteiger partial charge in [-0.25, -0.2) is 9.97 Å². The molecule has 0 spiro atoms. The van der Waals surface area contributed by atoms with Crippen molar-refractivity contribution in [3.8, 4) is 11.4 Å². The Morgan fingerprint density at radius 1 is 1.27 bits per heavy atom. The van der Waals surface area contributed by atoms with E-state index in [1.807, 2.05) is 0 Å². The molecule has 138 valence electrons. The number of hydrogen-bond acceptors (Lipinski definition) is 5. The zero-order chi connectivity index (χ0) is 18.1. The first-order valence-corrected chi connectivity index (χ1v) is 8.37. The summed E-state index contributed by atoms with van der Waals surface area (Å²) in [6.45, 7) is 1.58. The summed E-state index contributed by atoms with van der Waals surface area (Å²) in [4.78, 5) is 8.29. The van der Waals surface area contributed by atoms with Crippen LogP contribution in [-0.4, -0.2) is 39.3 Å². The van der Waals surface area contributed by atoms with E-state index in [-0.39, 0.29) is 12.8 Å². The van der Waals surface area contributed by atoms with E-state index in [1.54, 1.807) is 12.1 Å². The van der Waals surface area contributed by atoms with Crippen LogP contribution in [0.1, 0.15) is 19.8 Å². The number of anilines is 1. The molecule has 1 atom stereocenters. The summed E-state index contributed by atoms with van der Waals surface area (Å²) in [5.74, 6) is 0.397. The summed E-state index contributed by atoms with van der Waals surface area (Å²) >= 11 is 0. The molecule has 3 aromatic heterocycles. The summed E-state index contributed by atoms with van der Waals surface area (Å²) in [6, 6.07) is 6.04. The number of alkyl halides is 3. The fourth-order valence-electron chi connectivity index (χ4n) is 3.17. The molecule has 0 aromatic carbocycles. The molecule has 3 aromatic rings. The van der Waals surface area contributed by atoms with Crippen LogP contribution < -0.4 is 10.6 Å². The SMILES string of the molecule is FC(F)(F)c1ccc(NCC2CCCN2)nc1-c1[nH]nc2ncccc12.[HH]. The molecule has 1 aliphatic heterocycles. The van der Waals surface area contributed by atoms with Gasteiger partial charge in [0.2, 0.25) is 0 Å². The normalized spacial score (nSPS) is 17.7. The lowest BCUT2D eigenvalue weighted by Crippen LogP contribution is -2.29. The Balaban J connectivity index is 0.00000210. The lowest BCUT2D eigenvalue weighted by molar-refractivity contribution is -0.137. The third-order valence-corrected chi connectivity index (χ3v) is 4.46. The number of aromatic nitrogens is 4. The van der Waals surface area contributed by atoms with Crippen molar-refractivity contribution in [3.63, 3.8) is 0 Å². The van der Waals surface area contributed by atoms with Crippen LogP contribution >= 0.6 is 0 Å². The minimum absolute atomic E-state index is 0. The van der Waals surface area contributed by atoms with Crippen molar-refractivity contribution in [1.29, 1.82) is 0 Å². The Bertz CT molecular complexity index is 920. The van der Waals surface area contributed by atoms with Gasteiger partial charge in [-0.15, -0.1) is 0 Å². The van der Waals surface area contributed by atoms with Gasteiger partial charge in [-0.2, -0.15) is 18.3 Å². The molecule has 3 N–H and O–H groups in total. The molecular weight excluding hydrogens is 345 g/mol. The van der Waals surface area contributed by atoms with Crippen molar-refractivity contribution in [1.82, 2.24) is 25.5 Å². The Morgan fingerprint density at radius 3 is 2.92 bits per heavy atom. The van der Waals surface area contributed by atoms with Gasteiger partial charge in [0.05, 0.1) is 11.3 Å². The van der Waals surface area contributed by atoms with Crippen LogP contribution in [0.4, 0.5) is 19.0 Å². The van der Waals surface area contributed by atoms with Crippen molar-refractivity contribution in [2.45, 2.75) is 25.1 Å². The van der Waals surface area contributed by atoms with Gasteiger partial charge in [0.25, 0.3) is 0 Å². The molecule has 9 heteroatoms. The highest BCUT2D eigenvalue weighted by atomic mass is 19.4. The van der Waals surface area contributed by atoms with E-state index < -0.39 is 11.7 Å². The quantitative estimate of drug-likeness (QED) is 0.661. The zero-order valence-corrected chi connectivity index (χ0v) is 13.8. The van der Waals surface area contributed by atoms with Gasteiger partial charge in [0.1, 0.15) is 11.5 Å². The van der Waals surface area contributed by atoms with Crippen LogP contribution in [0.25, 0.3) is 22.4 Å². The molecule has 4 rings (SSSR count). The van der Waals surface area contributed by atoms with Gasteiger partial charge >= 0.3 is 6.18 Å². The lowest BCUT2D eigenvalue weighted by Gasteiger charge is -2.15. The molecule has 6 nitrogen and oxygen atoms in total. The molecule has 0 radical (unpaired) electrons. The zero-order valence-electron chi connectivity index (χ0n) is 13.8. The first-order valence-electron chi connectivity index (χ1n) is 8.37. The summed E-state index contributed by atoms with van der Waals surface area (Å²) in [7, 11) is 0. The van der Waals surface area contributed by atoms with E-state index in [9.17, 15) is 13.2 Å². The topological polar surface area (TPSA) is 78.5 Å². The smallest absolute Gasteiger partial charge is 0.368 e. The number of H-pyrrole nitrogens is 1. The minimum Gasteiger partial charge on any atom is -0.368 e. The molecule has 1 fully saturated rings.